The molecule has 2 aromatic heterocycles. The van der Waals surface area contributed by atoms with Gasteiger partial charge < -0.3 is 10.2 Å². The van der Waals surface area contributed by atoms with Gasteiger partial charge in [-0.2, -0.15) is 0 Å². The Labute approximate surface area is 138 Å². The van der Waals surface area contributed by atoms with Gasteiger partial charge >= 0.3 is 0 Å². The van der Waals surface area contributed by atoms with E-state index in [0.29, 0.717) is 12.0 Å². The largest absolute Gasteiger partial charge is 0.356 e. The minimum Gasteiger partial charge on any atom is -0.356 e. The van der Waals surface area contributed by atoms with Crippen LogP contribution in [-0.2, 0) is 0 Å². The SMILES string of the molecule is Cc1cc(N2CCC(Nc3ncc(Br)cn3)CC2)nc(C)n1. The van der Waals surface area contributed by atoms with Gasteiger partial charge in [-0.15, -0.1) is 0 Å². The molecule has 0 spiro atoms. The Morgan fingerprint density at radius 3 is 2.45 bits per heavy atom. The van der Waals surface area contributed by atoms with E-state index in [2.05, 4.69) is 52.1 Å². The van der Waals surface area contributed by atoms with Crippen LogP contribution >= 0.6 is 15.9 Å². The van der Waals surface area contributed by atoms with Crippen molar-refractivity contribution in [3.05, 3.63) is 34.5 Å². The molecular formula is C15H19BrN6. The van der Waals surface area contributed by atoms with Crippen LogP contribution in [-0.4, -0.2) is 39.1 Å². The number of nitrogens with zero attached hydrogens (tertiary/aromatic N) is 5. The Morgan fingerprint density at radius 1 is 1.14 bits per heavy atom. The first-order chi connectivity index (χ1) is 10.6. The van der Waals surface area contributed by atoms with Gasteiger partial charge in [-0.25, -0.2) is 19.9 Å². The lowest BCUT2D eigenvalue weighted by molar-refractivity contribution is 0.520. The zero-order chi connectivity index (χ0) is 15.5. The summed E-state index contributed by atoms with van der Waals surface area (Å²) in [5.74, 6) is 2.55. The molecule has 1 fully saturated rings. The van der Waals surface area contributed by atoms with Gasteiger partial charge in [-0.3, -0.25) is 0 Å². The zero-order valence-corrected chi connectivity index (χ0v) is 14.3. The number of hydrogen-bond donors (Lipinski definition) is 1. The van der Waals surface area contributed by atoms with Crippen LogP contribution in [0.4, 0.5) is 11.8 Å². The highest BCUT2D eigenvalue weighted by Crippen LogP contribution is 2.20. The van der Waals surface area contributed by atoms with Crippen LogP contribution in [0.1, 0.15) is 24.4 Å². The smallest absolute Gasteiger partial charge is 0.222 e. The normalized spacial score (nSPS) is 15.9. The number of nitrogens with one attached hydrogen (secondary N) is 1. The van der Waals surface area contributed by atoms with Crippen LogP contribution < -0.4 is 10.2 Å². The molecule has 3 rings (SSSR count). The molecule has 0 saturated carbocycles. The Balaban J connectivity index is 1.59. The zero-order valence-electron chi connectivity index (χ0n) is 12.8. The lowest BCUT2D eigenvalue weighted by Crippen LogP contribution is -2.40. The fraction of sp³-hybridized carbons (Fsp3) is 0.467. The first-order valence-corrected chi connectivity index (χ1v) is 8.21. The second kappa shape index (κ2) is 6.56. The molecular weight excluding hydrogens is 344 g/mol. The fourth-order valence-corrected chi connectivity index (χ4v) is 2.89. The van der Waals surface area contributed by atoms with Crippen molar-refractivity contribution in [3.8, 4) is 0 Å². The van der Waals surface area contributed by atoms with Gasteiger partial charge in [0.05, 0.1) is 4.47 Å². The molecule has 6 nitrogen and oxygen atoms in total. The van der Waals surface area contributed by atoms with Gasteiger partial charge in [0, 0.05) is 43.3 Å². The summed E-state index contributed by atoms with van der Waals surface area (Å²) in [7, 11) is 0. The van der Waals surface area contributed by atoms with Crippen molar-refractivity contribution < 1.29 is 0 Å². The lowest BCUT2D eigenvalue weighted by Gasteiger charge is -2.33. The van der Waals surface area contributed by atoms with Crippen LogP contribution in [0.15, 0.2) is 22.9 Å². The highest BCUT2D eigenvalue weighted by molar-refractivity contribution is 9.10. The molecule has 1 aliphatic rings. The van der Waals surface area contributed by atoms with Gasteiger partial charge in [-0.05, 0) is 42.6 Å². The molecule has 0 amide bonds. The van der Waals surface area contributed by atoms with Crippen molar-refractivity contribution in [2.75, 3.05) is 23.3 Å². The molecule has 0 aromatic carbocycles. The molecule has 0 aliphatic carbocycles. The van der Waals surface area contributed by atoms with E-state index >= 15 is 0 Å². The fourth-order valence-electron chi connectivity index (χ4n) is 2.68. The second-order valence-corrected chi connectivity index (χ2v) is 6.46. The molecule has 0 radical (unpaired) electrons. The first kappa shape index (κ1) is 15.1. The van der Waals surface area contributed by atoms with Gasteiger partial charge in [0.25, 0.3) is 0 Å². The highest BCUT2D eigenvalue weighted by atomic mass is 79.9. The van der Waals surface area contributed by atoms with Crippen molar-refractivity contribution in [1.29, 1.82) is 0 Å². The number of piperidine rings is 1. The van der Waals surface area contributed by atoms with E-state index in [1.54, 1.807) is 12.4 Å². The van der Waals surface area contributed by atoms with Gasteiger partial charge in [0.2, 0.25) is 5.95 Å². The summed E-state index contributed by atoms with van der Waals surface area (Å²) in [5.41, 5.74) is 1.02. The van der Waals surface area contributed by atoms with E-state index < -0.39 is 0 Å². The Hall–Kier alpha value is -1.76. The molecule has 7 heteroatoms. The average Bonchev–Trinajstić information content (AvgIpc) is 2.49. The number of hydrogen-bond acceptors (Lipinski definition) is 6. The summed E-state index contributed by atoms with van der Waals surface area (Å²) in [5, 5.41) is 3.40. The predicted octanol–water partition coefficient (Wildman–Crippen LogP) is 2.73. The maximum absolute atomic E-state index is 4.54. The summed E-state index contributed by atoms with van der Waals surface area (Å²) >= 11 is 3.34. The van der Waals surface area contributed by atoms with Crippen LogP contribution in [0, 0.1) is 13.8 Å². The predicted molar refractivity (Wildman–Crippen MR) is 90.1 cm³/mol. The van der Waals surface area contributed by atoms with E-state index in [4.69, 9.17) is 0 Å². The Bertz CT molecular complexity index is 617. The molecule has 0 bridgehead atoms. The highest BCUT2D eigenvalue weighted by Gasteiger charge is 2.21. The van der Waals surface area contributed by atoms with Crippen molar-refractivity contribution in [3.63, 3.8) is 0 Å². The first-order valence-electron chi connectivity index (χ1n) is 7.41. The third kappa shape index (κ3) is 3.71. The van der Waals surface area contributed by atoms with E-state index in [-0.39, 0.29) is 0 Å². The lowest BCUT2D eigenvalue weighted by atomic mass is 10.1. The van der Waals surface area contributed by atoms with E-state index in [1.165, 1.54) is 0 Å². The molecule has 0 atom stereocenters. The van der Waals surface area contributed by atoms with Gasteiger partial charge in [-0.1, -0.05) is 0 Å². The van der Waals surface area contributed by atoms with Crippen LogP contribution in [0.25, 0.3) is 0 Å². The third-order valence-corrected chi connectivity index (χ3v) is 4.13. The van der Waals surface area contributed by atoms with Gasteiger partial charge in [0.1, 0.15) is 11.6 Å². The van der Waals surface area contributed by atoms with E-state index in [0.717, 1.165) is 47.7 Å². The standard InChI is InChI=1S/C15H19BrN6/c1-10-7-14(20-11(2)19-10)22-5-3-13(4-6-22)21-15-17-8-12(16)9-18-15/h7-9,13H,3-6H2,1-2H3,(H,17,18,21). The summed E-state index contributed by atoms with van der Waals surface area (Å²) in [4.78, 5) is 19.7. The quantitative estimate of drug-likeness (QED) is 0.905. The minimum absolute atomic E-state index is 0.404. The van der Waals surface area contributed by atoms with Crippen molar-refractivity contribution in [1.82, 2.24) is 19.9 Å². The van der Waals surface area contributed by atoms with Crippen molar-refractivity contribution in [2.45, 2.75) is 32.7 Å². The van der Waals surface area contributed by atoms with Crippen molar-refractivity contribution in [2.24, 2.45) is 0 Å². The number of aryl methyl sites for hydroxylation is 2. The summed E-state index contributed by atoms with van der Waals surface area (Å²) < 4.78 is 0.891. The Kier molecular flexibility index (Phi) is 4.52. The van der Waals surface area contributed by atoms with Crippen LogP contribution in [0.3, 0.4) is 0 Å². The molecule has 0 unspecified atom stereocenters. The molecule has 22 heavy (non-hydrogen) atoms. The minimum atomic E-state index is 0.404. The molecule has 2 aromatic rings. The summed E-state index contributed by atoms with van der Waals surface area (Å²) in [6.07, 6.45) is 5.61. The molecule has 1 aliphatic heterocycles. The number of aromatic nitrogens is 4. The summed E-state index contributed by atoms with van der Waals surface area (Å²) in [6, 6.07) is 2.46. The molecule has 3 heterocycles. The van der Waals surface area contributed by atoms with E-state index in [9.17, 15) is 0 Å². The number of anilines is 2. The monoisotopic (exact) mass is 362 g/mol. The maximum atomic E-state index is 4.54. The Morgan fingerprint density at radius 2 is 1.82 bits per heavy atom. The van der Waals surface area contributed by atoms with Crippen LogP contribution in [0.5, 0.6) is 0 Å². The molecule has 1 saturated heterocycles. The number of rotatable bonds is 3. The maximum Gasteiger partial charge on any atom is 0.222 e. The van der Waals surface area contributed by atoms with Crippen LogP contribution in [0.2, 0.25) is 0 Å². The topological polar surface area (TPSA) is 66.8 Å². The number of halogens is 1. The molecule has 116 valence electrons. The molecule has 1 N–H and O–H groups in total. The van der Waals surface area contributed by atoms with Gasteiger partial charge in [0.15, 0.2) is 0 Å². The third-order valence-electron chi connectivity index (χ3n) is 3.73. The van der Waals surface area contributed by atoms with Crippen molar-refractivity contribution >= 4 is 27.7 Å². The second-order valence-electron chi connectivity index (χ2n) is 5.55. The van der Waals surface area contributed by atoms with E-state index in [1.807, 2.05) is 13.8 Å². The average molecular weight is 363 g/mol. The summed E-state index contributed by atoms with van der Waals surface area (Å²) in [6.45, 7) is 5.90.